The van der Waals surface area contributed by atoms with Crippen LogP contribution in [0.5, 0.6) is 0 Å². The number of halogens is 2. The quantitative estimate of drug-likeness (QED) is 0.444. The second-order valence-corrected chi connectivity index (χ2v) is 11.2. The number of carbonyl (C=O) groups is 3. The third-order valence-electron chi connectivity index (χ3n) is 8.85. The van der Waals surface area contributed by atoms with Gasteiger partial charge in [0.2, 0.25) is 0 Å². The molecule has 1 saturated heterocycles. The van der Waals surface area contributed by atoms with Gasteiger partial charge in [0.15, 0.2) is 11.6 Å². The zero-order valence-electron chi connectivity index (χ0n) is 24.2. The van der Waals surface area contributed by atoms with E-state index < -0.39 is 35.7 Å². The third kappa shape index (κ3) is 6.11. The highest BCUT2D eigenvalue weighted by Crippen LogP contribution is 2.38. The molecule has 9 nitrogen and oxygen atoms in total. The average Bonchev–Trinajstić information content (AvgIpc) is 3.49. The van der Waals surface area contributed by atoms with Crippen LogP contribution in [0.2, 0.25) is 0 Å². The number of nitrogens with zero attached hydrogens (tertiary/aromatic N) is 3. The van der Waals surface area contributed by atoms with Crippen LogP contribution in [0.25, 0.3) is 0 Å². The van der Waals surface area contributed by atoms with Gasteiger partial charge in [-0.05, 0) is 73.8 Å². The van der Waals surface area contributed by atoms with Gasteiger partial charge in [0.1, 0.15) is 6.04 Å². The van der Waals surface area contributed by atoms with E-state index in [1.54, 1.807) is 6.92 Å². The molecule has 2 aromatic carbocycles. The summed E-state index contributed by atoms with van der Waals surface area (Å²) in [7, 11) is 1.18. The molecule has 4 amide bonds. The predicted molar refractivity (Wildman–Crippen MR) is 153 cm³/mol. The van der Waals surface area contributed by atoms with Crippen molar-refractivity contribution in [1.29, 1.82) is 5.26 Å². The summed E-state index contributed by atoms with van der Waals surface area (Å²) in [5, 5.41) is 15.0. The van der Waals surface area contributed by atoms with Crippen molar-refractivity contribution in [2.75, 3.05) is 20.2 Å². The van der Waals surface area contributed by atoms with E-state index in [1.807, 2.05) is 24.3 Å². The average molecular weight is 592 g/mol. The van der Waals surface area contributed by atoms with Crippen LogP contribution in [0.4, 0.5) is 18.4 Å². The molecule has 0 aromatic heterocycles. The number of amides is 4. The fraction of sp³-hybridized carbons (Fsp3) is 0.438. The largest absolute Gasteiger partial charge is 0.466 e. The number of imide groups is 1. The van der Waals surface area contributed by atoms with Crippen LogP contribution in [-0.4, -0.2) is 60.1 Å². The molecule has 1 saturated carbocycles. The van der Waals surface area contributed by atoms with Crippen molar-refractivity contribution in [3.05, 3.63) is 82.1 Å². The van der Waals surface area contributed by atoms with Gasteiger partial charge >= 0.3 is 18.0 Å². The lowest BCUT2D eigenvalue weighted by atomic mass is 9.80. The van der Waals surface area contributed by atoms with Gasteiger partial charge in [-0.2, -0.15) is 5.26 Å². The van der Waals surface area contributed by atoms with Crippen LogP contribution in [-0.2, 0) is 9.53 Å². The molecule has 1 aliphatic carbocycles. The minimum absolute atomic E-state index is 0.0199. The van der Waals surface area contributed by atoms with Gasteiger partial charge in [0, 0.05) is 30.9 Å². The van der Waals surface area contributed by atoms with Gasteiger partial charge in [-0.3, -0.25) is 4.90 Å². The Morgan fingerprint density at radius 2 is 1.84 bits per heavy atom. The Labute approximate surface area is 249 Å². The van der Waals surface area contributed by atoms with Crippen molar-refractivity contribution >= 4 is 18.0 Å². The lowest BCUT2D eigenvalue weighted by Gasteiger charge is -2.37. The van der Waals surface area contributed by atoms with Gasteiger partial charge in [0.25, 0.3) is 0 Å². The molecule has 2 fully saturated rings. The predicted octanol–water partition coefficient (Wildman–Crippen LogP) is 5.25. The Morgan fingerprint density at radius 3 is 2.51 bits per heavy atom. The molecule has 2 aliphatic heterocycles. The Hall–Kier alpha value is -4.30. The van der Waals surface area contributed by atoms with Crippen LogP contribution < -0.4 is 10.6 Å². The fourth-order valence-corrected chi connectivity index (χ4v) is 6.69. The Balaban J connectivity index is 1.29. The van der Waals surface area contributed by atoms with Gasteiger partial charge in [-0.15, -0.1) is 0 Å². The summed E-state index contributed by atoms with van der Waals surface area (Å²) in [6.07, 6.45) is 4.82. The van der Waals surface area contributed by atoms with Crippen molar-refractivity contribution in [2.24, 2.45) is 0 Å². The molecule has 2 atom stereocenters. The van der Waals surface area contributed by atoms with Crippen molar-refractivity contribution in [2.45, 2.75) is 69.5 Å². The topological polar surface area (TPSA) is 115 Å². The number of hydrogen-bond acceptors (Lipinski definition) is 6. The summed E-state index contributed by atoms with van der Waals surface area (Å²) in [4.78, 5) is 43.0. The standard InChI is InChI=1S/C32H35F2N5O4/c1-3-27-28(30(40)43-2)29(20-10-13-25(33)26(34)16-20)39(32(42)37-27)31(41)36-22-14-15-38(18-22)23-11-8-19(9-12-23)24-7-5-4-6-21(24)17-35/h4-7,10,13,16,19,22-23,29H,3,8-9,11-12,14-15,18H2,1-2H3,(H,36,41)(H,37,42)/t19?,22?,23?,29-/m0/s1. The van der Waals surface area contributed by atoms with Crippen LogP contribution in [0, 0.1) is 23.0 Å². The Kier molecular flexibility index (Phi) is 9.06. The highest BCUT2D eigenvalue weighted by atomic mass is 19.2. The first-order valence-electron chi connectivity index (χ1n) is 14.7. The van der Waals surface area contributed by atoms with Gasteiger partial charge < -0.3 is 15.4 Å². The number of carbonyl (C=O) groups excluding carboxylic acids is 3. The van der Waals surface area contributed by atoms with E-state index in [0.717, 1.165) is 60.4 Å². The number of benzene rings is 2. The minimum Gasteiger partial charge on any atom is -0.466 e. The number of hydrogen-bond donors (Lipinski definition) is 2. The number of urea groups is 2. The maximum absolute atomic E-state index is 14.3. The monoisotopic (exact) mass is 591 g/mol. The zero-order valence-corrected chi connectivity index (χ0v) is 24.2. The molecule has 2 aromatic rings. The molecule has 0 radical (unpaired) electrons. The van der Waals surface area contributed by atoms with E-state index in [4.69, 9.17) is 4.74 Å². The highest BCUT2D eigenvalue weighted by molar-refractivity contribution is 6.01. The first-order chi connectivity index (χ1) is 20.7. The van der Waals surface area contributed by atoms with Crippen molar-refractivity contribution in [3.8, 4) is 6.07 Å². The summed E-state index contributed by atoms with van der Waals surface area (Å²) in [5.74, 6) is -2.69. The number of likely N-dealkylation sites (tertiary alicyclic amines) is 1. The molecule has 226 valence electrons. The summed E-state index contributed by atoms with van der Waals surface area (Å²) in [5.41, 5.74) is 2.13. The maximum Gasteiger partial charge on any atom is 0.338 e. The number of ether oxygens (including phenoxy) is 1. The summed E-state index contributed by atoms with van der Waals surface area (Å²) in [6, 6.07) is 10.4. The molecular weight excluding hydrogens is 556 g/mol. The van der Waals surface area contributed by atoms with E-state index in [2.05, 4.69) is 21.6 Å². The number of nitriles is 1. The second-order valence-electron chi connectivity index (χ2n) is 11.2. The molecule has 2 heterocycles. The first-order valence-corrected chi connectivity index (χ1v) is 14.7. The maximum atomic E-state index is 14.3. The van der Waals surface area contributed by atoms with Crippen molar-refractivity contribution in [3.63, 3.8) is 0 Å². The van der Waals surface area contributed by atoms with Gasteiger partial charge in [0.05, 0.1) is 24.3 Å². The number of nitrogens with one attached hydrogen (secondary N) is 2. The van der Waals surface area contributed by atoms with Crippen molar-refractivity contribution in [1.82, 2.24) is 20.4 Å². The lowest BCUT2D eigenvalue weighted by molar-refractivity contribution is -0.136. The molecule has 5 rings (SSSR count). The highest BCUT2D eigenvalue weighted by Gasteiger charge is 2.44. The van der Waals surface area contributed by atoms with Crippen LogP contribution in [0.3, 0.4) is 0 Å². The Morgan fingerprint density at radius 1 is 1.09 bits per heavy atom. The smallest absolute Gasteiger partial charge is 0.338 e. The normalized spacial score (nSPS) is 24.3. The van der Waals surface area contributed by atoms with Crippen LogP contribution >= 0.6 is 0 Å². The van der Waals surface area contributed by atoms with Crippen molar-refractivity contribution < 1.29 is 27.9 Å². The fourth-order valence-electron chi connectivity index (χ4n) is 6.69. The summed E-state index contributed by atoms with van der Waals surface area (Å²) in [6.45, 7) is 3.10. The number of esters is 1. The van der Waals surface area contributed by atoms with Gasteiger partial charge in [-0.1, -0.05) is 31.2 Å². The van der Waals surface area contributed by atoms with E-state index in [-0.39, 0.29) is 29.3 Å². The molecular formula is C32H35F2N5O4. The number of rotatable bonds is 6. The molecule has 1 unspecified atom stereocenters. The lowest BCUT2D eigenvalue weighted by Crippen LogP contribution is -2.56. The molecule has 3 aliphatic rings. The summed E-state index contributed by atoms with van der Waals surface area (Å²) < 4.78 is 33.1. The van der Waals surface area contributed by atoms with Crippen LogP contribution in [0.1, 0.15) is 74.1 Å². The molecule has 43 heavy (non-hydrogen) atoms. The van der Waals surface area contributed by atoms with E-state index in [0.29, 0.717) is 24.9 Å². The number of allylic oxidation sites excluding steroid dienone is 1. The molecule has 2 N–H and O–H groups in total. The molecule has 0 bridgehead atoms. The number of methoxy groups -OCH3 is 1. The van der Waals surface area contributed by atoms with Crippen LogP contribution in [0.15, 0.2) is 53.7 Å². The molecule has 11 heteroatoms. The van der Waals surface area contributed by atoms with E-state index in [1.165, 1.54) is 13.2 Å². The molecule has 0 spiro atoms. The summed E-state index contributed by atoms with van der Waals surface area (Å²) >= 11 is 0. The second kappa shape index (κ2) is 12.9. The van der Waals surface area contributed by atoms with E-state index >= 15 is 0 Å². The third-order valence-corrected chi connectivity index (χ3v) is 8.85. The van der Waals surface area contributed by atoms with E-state index in [9.17, 15) is 28.4 Å². The minimum atomic E-state index is -1.31. The Bertz CT molecular complexity index is 1480. The first kappa shape index (κ1) is 30.2. The van der Waals surface area contributed by atoms with Gasteiger partial charge in [-0.25, -0.2) is 28.1 Å². The SMILES string of the molecule is CCC1=C(C(=O)OC)[C@H](c2ccc(F)c(F)c2)N(C(=O)NC2CCN(C3CCC(c4ccccc4C#N)CC3)C2)C(=O)N1. The zero-order chi connectivity index (χ0) is 30.7.